The fraction of sp³-hybridized carbons (Fsp3) is 0.571. The number of nitrogens with one attached hydrogen (secondary N) is 1. The first-order valence-corrected chi connectivity index (χ1v) is 6.99. The molecule has 100 valence electrons. The zero-order valence-electron chi connectivity index (χ0n) is 11.4. The van der Waals surface area contributed by atoms with Gasteiger partial charge in [0.25, 0.3) is 0 Å². The molecule has 4 heteroatoms. The molecule has 1 aliphatic rings. The standard InChI is InChI=1S/C14H20BrNO2/c1-9-12(14(2)6-5-7-16-14)10(15)8-11(17-3)13(9)18-4/h8,16H,5-7H2,1-4H3. The minimum atomic E-state index is 0.0163. The highest BCUT2D eigenvalue weighted by Crippen LogP contribution is 2.44. The van der Waals surface area contributed by atoms with Crippen LogP contribution in [-0.4, -0.2) is 20.8 Å². The summed E-state index contributed by atoms with van der Waals surface area (Å²) in [6.07, 6.45) is 2.35. The Kier molecular flexibility index (Phi) is 3.87. The van der Waals surface area contributed by atoms with Crippen molar-refractivity contribution in [2.75, 3.05) is 20.8 Å². The molecule has 1 N–H and O–H groups in total. The molecule has 0 amide bonds. The van der Waals surface area contributed by atoms with E-state index < -0.39 is 0 Å². The first kappa shape index (κ1) is 13.7. The van der Waals surface area contributed by atoms with Crippen molar-refractivity contribution in [1.82, 2.24) is 5.32 Å². The average Bonchev–Trinajstić information content (AvgIpc) is 2.76. The molecule has 0 spiro atoms. The Morgan fingerprint density at radius 3 is 2.56 bits per heavy atom. The topological polar surface area (TPSA) is 30.5 Å². The smallest absolute Gasteiger partial charge is 0.164 e. The van der Waals surface area contributed by atoms with E-state index in [1.807, 2.05) is 6.07 Å². The summed E-state index contributed by atoms with van der Waals surface area (Å²) >= 11 is 3.67. The third-order valence-corrected chi connectivity index (χ3v) is 4.41. The molecule has 0 aromatic heterocycles. The van der Waals surface area contributed by atoms with E-state index in [9.17, 15) is 0 Å². The van der Waals surface area contributed by atoms with E-state index >= 15 is 0 Å². The van der Waals surface area contributed by atoms with Gasteiger partial charge in [-0.2, -0.15) is 0 Å². The number of hydrogen-bond acceptors (Lipinski definition) is 3. The molecule has 1 aromatic rings. The van der Waals surface area contributed by atoms with Gasteiger partial charge in [0, 0.05) is 15.6 Å². The van der Waals surface area contributed by atoms with Crippen LogP contribution in [0.4, 0.5) is 0 Å². The van der Waals surface area contributed by atoms with Gasteiger partial charge in [0.1, 0.15) is 0 Å². The molecule has 1 atom stereocenters. The Morgan fingerprint density at radius 2 is 2.06 bits per heavy atom. The number of rotatable bonds is 3. The van der Waals surface area contributed by atoms with E-state index in [2.05, 4.69) is 35.1 Å². The lowest BCUT2D eigenvalue weighted by Gasteiger charge is -2.29. The van der Waals surface area contributed by atoms with E-state index in [0.29, 0.717) is 0 Å². The van der Waals surface area contributed by atoms with Crippen LogP contribution in [0.3, 0.4) is 0 Å². The molecule has 2 rings (SSSR count). The molecule has 3 nitrogen and oxygen atoms in total. The molecule has 1 saturated heterocycles. The normalized spacial score (nSPS) is 23.2. The van der Waals surface area contributed by atoms with Crippen molar-refractivity contribution in [2.45, 2.75) is 32.2 Å². The fourth-order valence-electron chi connectivity index (χ4n) is 2.92. The second-order valence-corrected chi connectivity index (χ2v) is 5.81. The Bertz CT molecular complexity index is 454. The van der Waals surface area contributed by atoms with Crippen LogP contribution < -0.4 is 14.8 Å². The van der Waals surface area contributed by atoms with Crippen molar-refractivity contribution in [1.29, 1.82) is 0 Å². The van der Waals surface area contributed by atoms with E-state index in [1.165, 1.54) is 12.0 Å². The van der Waals surface area contributed by atoms with Crippen LogP contribution in [0.1, 0.15) is 30.9 Å². The van der Waals surface area contributed by atoms with Gasteiger partial charge in [0.15, 0.2) is 11.5 Å². The Labute approximate surface area is 117 Å². The number of benzene rings is 1. The van der Waals surface area contributed by atoms with Gasteiger partial charge in [-0.05, 0) is 44.9 Å². The van der Waals surface area contributed by atoms with Gasteiger partial charge in [-0.25, -0.2) is 0 Å². The third kappa shape index (κ3) is 2.12. The molecule has 1 heterocycles. The zero-order chi connectivity index (χ0) is 13.3. The Hall–Kier alpha value is -0.740. The summed E-state index contributed by atoms with van der Waals surface area (Å²) in [5, 5.41) is 3.59. The largest absolute Gasteiger partial charge is 0.493 e. The zero-order valence-corrected chi connectivity index (χ0v) is 13.0. The number of halogens is 1. The van der Waals surface area contributed by atoms with Gasteiger partial charge in [-0.1, -0.05) is 15.9 Å². The Balaban J connectivity index is 2.60. The number of hydrogen-bond donors (Lipinski definition) is 1. The van der Waals surface area contributed by atoms with Gasteiger partial charge < -0.3 is 14.8 Å². The highest BCUT2D eigenvalue weighted by atomic mass is 79.9. The van der Waals surface area contributed by atoms with Crippen molar-refractivity contribution in [3.8, 4) is 11.5 Å². The molecule has 1 fully saturated rings. The maximum absolute atomic E-state index is 5.49. The molecule has 0 radical (unpaired) electrons. The molecular formula is C14H20BrNO2. The Morgan fingerprint density at radius 1 is 1.33 bits per heavy atom. The van der Waals surface area contributed by atoms with Crippen molar-refractivity contribution >= 4 is 15.9 Å². The quantitative estimate of drug-likeness (QED) is 0.928. The SMILES string of the molecule is COc1cc(Br)c(C2(C)CCCN2)c(C)c1OC. The molecule has 1 unspecified atom stereocenters. The highest BCUT2D eigenvalue weighted by Gasteiger charge is 2.34. The lowest BCUT2D eigenvalue weighted by Crippen LogP contribution is -2.34. The summed E-state index contributed by atoms with van der Waals surface area (Å²) in [6, 6.07) is 1.99. The second kappa shape index (κ2) is 5.10. The monoisotopic (exact) mass is 313 g/mol. The molecule has 0 bridgehead atoms. The fourth-order valence-corrected chi connectivity index (χ4v) is 3.86. The van der Waals surface area contributed by atoms with Crippen LogP contribution in [-0.2, 0) is 5.54 Å². The predicted octanol–water partition coefficient (Wildman–Crippen LogP) is 3.37. The van der Waals surface area contributed by atoms with E-state index in [0.717, 1.165) is 34.5 Å². The van der Waals surface area contributed by atoms with Crippen LogP contribution in [0.5, 0.6) is 11.5 Å². The summed E-state index contributed by atoms with van der Waals surface area (Å²) < 4.78 is 11.9. The van der Waals surface area contributed by atoms with E-state index in [4.69, 9.17) is 9.47 Å². The van der Waals surface area contributed by atoms with Crippen LogP contribution in [0.25, 0.3) is 0 Å². The van der Waals surface area contributed by atoms with Crippen molar-refractivity contribution < 1.29 is 9.47 Å². The van der Waals surface area contributed by atoms with E-state index in [1.54, 1.807) is 14.2 Å². The van der Waals surface area contributed by atoms with E-state index in [-0.39, 0.29) is 5.54 Å². The molecular weight excluding hydrogens is 294 g/mol. The first-order valence-electron chi connectivity index (χ1n) is 6.20. The second-order valence-electron chi connectivity index (χ2n) is 4.96. The van der Waals surface area contributed by atoms with Crippen molar-refractivity contribution in [3.63, 3.8) is 0 Å². The molecule has 0 saturated carbocycles. The summed E-state index contributed by atoms with van der Waals surface area (Å²) in [5.74, 6) is 1.60. The summed E-state index contributed by atoms with van der Waals surface area (Å²) in [7, 11) is 3.35. The van der Waals surface area contributed by atoms with Gasteiger partial charge in [0.2, 0.25) is 0 Å². The first-order chi connectivity index (χ1) is 8.53. The third-order valence-electron chi connectivity index (χ3n) is 3.78. The van der Waals surface area contributed by atoms with Crippen molar-refractivity contribution in [2.24, 2.45) is 0 Å². The number of ether oxygens (including phenoxy) is 2. The summed E-state index contributed by atoms with van der Waals surface area (Å²) in [5.41, 5.74) is 2.43. The van der Waals surface area contributed by atoms with Crippen molar-refractivity contribution in [3.05, 3.63) is 21.7 Å². The van der Waals surface area contributed by atoms with Crippen LogP contribution in [0, 0.1) is 6.92 Å². The average molecular weight is 314 g/mol. The van der Waals surface area contributed by atoms with Crippen LogP contribution in [0.15, 0.2) is 10.5 Å². The van der Waals surface area contributed by atoms with Crippen LogP contribution in [0.2, 0.25) is 0 Å². The number of methoxy groups -OCH3 is 2. The predicted molar refractivity (Wildman–Crippen MR) is 76.6 cm³/mol. The summed E-state index contributed by atoms with van der Waals surface area (Å²) in [4.78, 5) is 0. The molecule has 1 aliphatic heterocycles. The lowest BCUT2D eigenvalue weighted by atomic mass is 9.87. The van der Waals surface area contributed by atoms with Gasteiger partial charge >= 0.3 is 0 Å². The maximum atomic E-state index is 5.49. The van der Waals surface area contributed by atoms with Gasteiger partial charge in [-0.3, -0.25) is 0 Å². The molecule has 18 heavy (non-hydrogen) atoms. The lowest BCUT2D eigenvalue weighted by molar-refractivity contribution is 0.348. The van der Waals surface area contributed by atoms with Gasteiger partial charge in [0.05, 0.1) is 14.2 Å². The van der Waals surface area contributed by atoms with Gasteiger partial charge in [-0.15, -0.1) is 0 Å². The minimum absolute atomic E-state index is 0.0163. The minimum Gasteiger partial charge on any atom is -0.493 e. The molecule has 0 aliphatic carbocycles. The van der Waals surface area contributed by atoms with Crippen LogP contribution >= 0.6 is 15.9 Å². The highest BCUT2D eigenvalue weighted by molar-refractivity contribution is 9.10. The maximum Gasteiger partial charge on any atom is 0.164 e. The molecule has 1 aromatic carbocycles. The summed E-state index contributed by atoms with van der Waals surface area (Å²) in [6.45, 7) is 5.41.